The lowest BCUT2D eigenvalue weighted by molar-refractivity contribution is 0.378. The highest BCUT2D eigenvalue weighted by Crippen LogP contribution is 2.18. The summed E-state index contributed by atoms with van der Waals surface area (Å²) in [5, 5.41) is 3.46. The fraction of sp³-hybridized carbons (Fsp3) is 0.857. The summed E-state index contributed by atoms with van der Waals surface area (Å²) in [4.78, 5) is 4.37. The van der Waals surface area contributed by atoms with Crippen molar-refractivity contribution in [2.45, 2.75) is 31.3 Å². The van der Waals surface area contributed by atoms with Crippen molar-refractivity contribution >= 4 is 6.21 Å². The van der Waals surface area contributed by atoms with Gasteiger partial charge in [0.15, 0.2) is 0 Å². The van der Waals surface area contributed by atoms with Gasteiger partial charge in [-0.3, -0.25) is 4.99 Å². The summed E-state index contributed by atoms with van der Waals surface area (Å²) in [6.07, 6.45) is 5.82. The van der Waals surface area contributed by atoms with Crippen molar-refractivity contribution in [3.8, 4) is 0 Å². The van der Waals surface area contributed by atoms with Crippen LogP contribution in [0.5, 0.6) is 0 Å². The van der Waals surface area contributed by atoms with Gasteiger partial charge in [0, 0.05) is 12.3 Å². The van der Waals surface area contributed by atoms with E-state index in [-0.39, 0.29) is 0 Å². The molecule has 0 aromatic rings. The predicted octanol–water partition coefficient (Wildman–Crippen LogP) is 0.582. The molecular formula is C7H12N2. The molecule has 2 nitrogen and oxygen atoms in total. The van der Waals surface area contributed by atoms with Gasteiger partial charge in [0.25, 0.3) is 0 Å². The van der Waals surface area contributed by atoms with Gasteiger partial charge in [0.05, 0.1) is 6.04 Å². The van der Waals surface area contributed by atoms with Gasteiger partial charge in [-0.1, -0.05) is 0 Å². The van der Waals surface area contributed by atoms with E-state index in [0.29, 0.717) is 12.1 Å². The molecule has 0 aliphatic carbocycles. The maximum Gasteiger partial charge on any atom is 0.0652 e. The normalized spacial score (nSPS) is 40.9. The summed E-state index contributed by atoms with van der Waals surface area (Å²) in [5.74, 6) is 0. The van der Waals surface area contributed by atoms with Gasteiger partial charge in [-0.05, 0) is 25.8 Å². The quantitative estimate of drug-likeness (QED) is 0.502. The molecule has 50 valence electrons. The van der Waals surface area contributed by atoms with Crippen LogP contribution in [0, 0.1) is 0 Å². The van der Waals surface area contributed by atoms with Crippen LogP contribution in [0.2, 0.25) is 0 Å². The summed E-state index contributed by atoms with van der Waals surface area (Å²) >= 11 is 0. The van der Waals surface area contributed by atoms with Crippen molar-refractivity contribution < 1.29 is 0 Å². The second kappa shape index (κ2) is 2.10. The first kappa shape index (κ1) is 5.42. The van der Waals surface area contributed by atoms with Crippen LogP contribution in [0.25, 0.3) is 0 Å². The summed E-state index contributed by atoms with van der Waals surface area (Å²) in [5.41, 5.74) is 0. The van der Waals surface area contributed by atoms with E-state index in [2.05, 4.69) is 16.5 Å². The topological polar surface area (TPSA) is 24.4 Å². The molecule has 2 heteroatoms. The highest BCUT2D eigenvalue weighted by molar-refractivity contribution is 5.61. The zero-order chi connectivity index (χ0) is 6.10. The summed E-state index contributed by atoms with van der Waals surface area (Å²) in [7, 11) is 0. The third-order valence-corrected chi connectivity index (χ3v) is 2.20. The van der Waals surface area contributed by atoms with E-state index < -0.39 is 0 Å². The van der Waals surface area contributed by atoms with E-state index in [1.165, 1.54) is 19.4 Å². The number of nitrogens with one attached hydrogen (secondary N) is 1. The Balaban J connectivity index is 2.03. The standard InChI is InChI=1S/C7H12N2/c1-2-6-7(8-4-1)3-5-9-6/h5-8H,1-4H2. The van der Waals surface area contributed by atoms with Crippen molar-refractivity contribution in [1.82, 2.24) is 5.32 Å². The van der Waals surface area contributed by atoms with Gasteiger partial charge in [-0.15, -0.1) is 0 Å². The van der Waals surface area contributed by atoms with Crippen LogP contribution in [-0.4, -0.2) is 24.8 Å². The minimum Gasteiger partial charge on any atom is -0.311 e. The van der Waals surface area contributed by atoms with Gasteiger partial charge >= 0.3 is 0 Å². The minimum absolute atomic E-state index is 0.624. The fourth-order valence-electron chi connectivity index (χ4n) is 1.66. The van der Waals surface area contributed by atoms with E-state index in [4.69, 9.17) is 0 Å². The van der Waals surface area contributed by atoms with Crippen molar-refractivity contribution in [2.24, 2.45) is 4.99 Å². The van der Waals surface area contributed by atoms with E-state index in [9.17, 15) is 0 Å². The number of nitrogens with zero attached hydrogens (tertiary/aromatic N) is 1. The molecule has 9 heavy (non-hydrogen) atoms. The first-order valence-corrected chi connectivity index (χ1v) is 3.72. The first-order valence-electron chi connectivity index (χ1n) is 3.72. The van der Waals surface area contributed by atoms with E-state index in [0.717, 1.165) is 6.42 Å². The van der Waals surface area contributed by atoms with Crippen LogP contribution >= 0.6 is 0 Å². The molecule has 0 spiro atoms. The smallest absolute Gasteiger partial charge is 0.0652 e. The van der Waals surface area contributed by atoms with Gasteiger partial charge in [-0.2, -0.15) is 0 Å². The number of fused-ring (bicyclic) bond motifs is 1. The van der Waals surface area contributed by atoms with Crippen molar-refractivity contribution in [3.63, 3.8) is 0 Å². The Kier molecular flexibility index (Phi) is 1.27. The molecule has 2 aliphatic heterocycles. The largest absolute Gasteiger partial charge is 0.311 e. The summed E-state index contributed by atoms with van der Waals surface area (Å²) in [6, 6.07) is 1.32. The predicted molar refractivity (Wildman–Crippen MR) is 37.9 cm³/mol. The van der Waals surface area contributed by atoms with Gasteiger partial charge in [0.2, 0.25) is 0 Å². The Hall–Kier alpha value is -0.370. The second-order valence-corrected chi connectivity index (χ2v) is 2.84. The number of aliphatic imine (C=N–C) groups is 1. The molecule has 2 rings (SSSR count). The Morgan fingerprint density at radius 2 is 2.56 bits per heavy atom. The molecule has 1 saturated heterocycles. The van der Waals surface area contributed by atoms with Crippen LogP contribution < -0.4 is 5.32 Å². The highest BCUT2D eigenvalue weighted by Gasteiger charge is 2.25. The molecule has 1 fully saturated rings. The monoisotopic (exact) mass is 124 g/mol. The third kappa shape index (κ3) is 0.874. The summed E-state index contributed by atoms with van der Waals surface area (Å²) < 4.78 is 0. The Morgan fingerprint density at radius 1 is 1.56 bits per heavy atom. The van der Waals surface area contributed by atoms with Crippen LogP contribution in [0.1, 0.15) is 19.3 Å². The number of hydrogen-bond donors (Lipinski definition) is 1. The van der Waals surface area contributed by atoms with Gasteiger partial charge in [-0.25, -0.2) is 0 Å². The van der Waals surface area contributed by atoms with Gasteiger partial charge in [0.1, 0.15) is 0 Å². The highest BCUT2D eigenvalue weighted by atomic mass is 15.0. The molecule has 0 bridgehead atoms. The van der Waals surface area contributed by atoms with Crippen LogP contribution in [0.15, 0.2) is 4.99 Å². The first-order chi connectivity index (χ1) is 4.47. The lowest BCUT2D eigenvalue weighted by Crippen LogP contribution is -2.41. The molecule has 2 heterocycles. The SMILES string of the molecule is C1=NC2CCCNC2C1. The molecule has 0 radical (unpaired) electrons. The van der Waals surface area contributed by atoms with Crippen molar-refractivity contribution in [2.75, 3.05) is 6.54 Å². The van der Waals surface area contributed by atoms with Crippen molar-refractivity contribution in [3.05, 3.63) is 0 Å². The van der Waals surface area contributed by atoms with E-state index >= 15 is 0 Å². The lowest BCUT2D eigenvalue weighted by atomic mass is 10.00. The zero-order valence-electron chi connectivity index (χ0n) is 5.51. The Bertz CT molecular complexity index is 131. The molecular weight excluding hydrogens is 112 g/mol. The maximum atomic E-state index is 4.37. The van der Waals surface area contributed by atoms with Crippen LogP contribution in [0.3, 0.4) is 0 Å². The zero-order valence-corrected chi connectivity index (χ0v) is 5.51. The fourth-order valence-corrected chi connectivity index (χ4v) is 1.66. The second-order valence-electron chi connectivity index (χ2n) is 2.84. The van der Waals surface area contributed by atoms with Crippen LogP contribution in [0.4, 0.5) is 0 Å². The molecule has 1 N–H and O–H groups in total. The molecule has 2 aliphatic rings. The number of piperidine rings is 1. The third-order valence-electron chi connectivity index (χ3n) is 2.20. The van der Waals surface area contributed by atoms with Crippen molar-refractivity contribution in [1.29, 1.82) is 0 Å². The molecule has 0 aromatic heterocycles. The average Bonchev–Trinajstić information content (AvgIpc) is 2.33. The van der Waals surface area contributed by atoms with E-state index in [1.54, 1.807) is 0 Å². The molecule has 2 unspecified atom stereocenters. The molecule has 0 saturated carbocycles. The van der Waals surface area contributed by atoms with E-state index in [1.807, 2.05) is 0 Å². The molecule has 0 amide bonds. The van der Waals surface area contributed by atoms with Crippen LogP contribution in [-0.2, 0) is 0 Å². The number of rotatable bonds is 0. The number of hydrogen-bond acceptors (Lipinski definition) is 2. The average molecular weight is 124 g/mol. The Morgan fingerprint density at radius 3 is 3.44 bits per heavy atom. The lowest BCUT2D eigenvalue weighted by Gasteiger charge is -2.24. The minimum atomic E-state index is 0.624. The maximum absolute atomic E-state index is 4.37. The van der Waals surface area contributed by atoms with Gasteiger partial charge < -0.3 is 5.32 Å². The summed E-state index contributed by atoms with van der Waals surface area (Å²) in [6.45, 7) is 1.20. The molecule has 0 aromatic carbocycles. The molecule has 2 atom stereocenters. The Labute approximate surface area is 55.4 Å².